The third kappa shape index (κ3) is 4.76. The highest BCUT2D eigenvalue weighted by Crippen LogP contribution is 2.37. The monoisotopic (exact) mass is 378 g/mol. The number of halogens is 4. The molecule has 0 spiro atoms. The van der Waals surface area contributed by atoms with Gasteiger partial charge >= 0.3 is 11.9 Å². The number of aromatic nitrogens is 2. The molecule has 0 saturated carbocycles. The van der Waals surface area contributed by atoms with Gasteiger partial charge in [0.05, 0.1) is 5.56 Å². The van der Waals surface area contributed by atoms with Crippen LogP contribution < -0.4 is 16.4 Å². The molecular formula is C15H18ClF3N4O2. The Bertz CT molecular complexity index is 754. The van der Waals surface area contributed by atoms with Gasteiger partial charge in [0.2, 0.25) is 5.89 Å². The fraction of sp³-hybridized carbons (Fsp3) is 0.467. The molecule has 138 valence electrons. The molecule has 1 fully saturated rings. The van der Waals surface area contributed by atoms with Crippen molar-refractivity contribution in [2.75, 3.05) is 25.0 Å². The number of H-pyrrole nitrogens is 1. The van der Waals surface area contributed by atoms with Gasteiger partial charge in [-0.25, -0.2) is 9.89 Å². The predicted octanol–water partition coefficient (Wildman–Crippen LogP) is 2.88. The lowest BCUT2D eigenvalue weighted by molar-refractivity contribution is -0.136. The molecule has 3 N–H and O–H groups in total. The first kappa shape index (κ1) is 19.3. The molecule has 10 heteroatoms. The van der Waals surface area contributed by atoms with Gasteiger partial charge in [-0.1, -0.05) is 0 Å². The van der Waals surface area contributed by atoms with Crippen LogP contribution >= 0.6 is 12.4 Å². The van der Waals surface area contributed by atoms with Gasteiger partial charge < -0.3 is 15.1 Å². The summed E-state index contributed by atoms with van der Waals surface area (Å²) in [6.45, 7) is 2.16. The quantitative estimate of drug-likeness (QED) is 0.762. The lowest BCUT2D eigenvalue weighted by Gasteiger charge is -2.24. The number of hydrogen-bond donors (Lipinski definition) is 3. The lowest BCUT2D eigenvalue weighted by atomic mass is 9.99. The molecule has 1 aromatic carbocycles. The first-order chi connectivity index (χ1) is 11.4. The molecule has 0 unspecified atom stereocenters. The molecule has 1 aliphatic heterocycles. The van der Waals surface area contributed by atoms with E-state index in [-0.39, 0.29) is 29.9 Å². The zero-order valence-electron chi connectivity index (χ0n) is 13.2. The Kier molecular flexibility index (Phi) is 6.12. The lowest BCUT2D eigenvalue weighted by Crippen LogP contribution is -2.33. The highest BCUT2D eigenvalue weighted by Gasteiger charge is 2.34. The topological polar surface area (TPSA) is 83.0 Å². The van der Waals surface area contributed by atoms with E-state index in [9.17, 15) is 18.0 Å². The summed E-state index contributed by atoms with van der Waals surface area (Å²) in [5.74, 6) is -0.532. The van der Waals surface area contributed by atoms with E-state index in [2.05, 4.69) is 20.8 Å². The average molecular weight is 379 g/mol. The Morgan fingerprint density at radius 3 is 2.76 bits per heavy atom. The van der Waals surface area contributed by atoms with Crippen molar-refractivity contribution in [3.05, 3.63) is 34.3 Å². The Balaban J connectivity index is 0.00000225. The zero-order chi connectivity index (χ0) is 17.2. The molecule has 2 heterocycles. The molecule has 0 bridgehead atoms. The Morgan fingerprint density at radius 2 is 2.16 bits per heavy atom. The number of nitrogens with one attached hydrogen (secondary N) is 3. The summed E-state index contributed by atoms with van der Waals surface area (Å²) >= 11 is 0. The Hall–Kier alpha value is -2.00. The van der Waals surface area contributed by atoms with Gasteiger partial charge in [0.25, 0.3) is 0 Å². The van der Waals surface area contributed by atoms with Crippen LogP contribution in [0.2, 0.25) is 0 Å². The number of rotatable bonds is 4. The fourth-order valence-corrected chi connectivity index (χ4v) is 2.78. The largest absolute Gasteiger partial charge is 0.434 e. The summed E-state index contributed by atoms with van der Waals surface area (Å²) in [4.78, 5) is 11.0. The van der Waals surface area contributed by atoms with E-state index in [0.29, 0.717) is 12.1 Å². The number of alkyl halides is 3. The molecule has 1 aromatic heterocycles. The molecule has 1 atom stereocenters. The highest BCUT2D eigenvalue weighted by molar-refractivity contribution is 5.85. The summed E-state index contributed by atoms with van der Waals surface area (Å²) in [5, 5.41) is 11.9. The van der Waals surface area contributed by atoms with Crippen LogP contribution in [0.4, 0.5) is 18.9 Å². The van der Waals surface area contributed by atoms with E-state index in [0.717, 1.165) is 32.0 Å². The van der Waals surface area contributed by atoms with Crippen molar-refractivity contribution in [3.8, 4) is 11.5 Å². The molecule has 0 amide bonds. The van der Waals surface area contributed by atoms with E-state index in [1.54, 1.807) is 0 Å². The molecule has 2 aromatic rings. The second-order valence-electron chi connectivity index (χ2n) is 5.77. The number of piperidine rings is 1. The second-order valence-corrected chi connectivity index (χ2v) is 5.77. The molecule has 6 nitrogen and oxygen atoms in total. The highest BCUT2D eigenvalue weighted by atomic mass is 35.5. The van der Waals surface area contributed by atoms with Gasteiger partial charge in [-0.2, -0.15) is 13.2 Å². The van der Waals surface area contributed by atoms with Gasteiger partial charge in [0.1, 0.15) is 0 Å². The van der Waals surface area contributed by atoms with Crippen LogP contribution in [0, 0.1) is 5.92 Å². The zero-order valence-corrected chi connectivity index (χ0v) is 14.0. The van der Waals surface area contributed by atoms with Crippen LogP contribution in [-0.2, 0) is 6.18 Å². The maximum absolute atomic E-state index is 13.2. The summed E-state index contributed by atoms with van der Waals surface area (Å²) in [6.07, 6.45) is -2.50. The predicted molar refractivity (Wildman–Crippen MR) is 88.9 cm³/mol. The van der Waals surface area contributed by atoms with Crippen molar-refractivity contribution < 1.29 is 17.6 Å². The minimum atomic E-state index is -4.47. The van der Waals surface area contributed by atoms with Crippen LogP contribution in [-0.4, -0.2) is 29.8 Å². The number of nitrogens with zero attached hydrogens (tertiary/aromatic N) is 1. The Morgan fingerprint density at radius 1 is 1.36 bits per heavy atom. The number of aromatic amines is 1. The first-order valence-corrected chi connectivity index (χ1v) is 7.65. The summed E-state index contributed by atoms with van der Waals surface area (Å²) in [6, 6.07) is 3.50. The van der Waals surface area contributed by atoms with Crippen molar-refractivity contribution in [2.45, 2.75) is 19.0 Å². The van der Waals surface area contributed by atoms with Crippen LogP contribution in [0.3, 0.4) is 0 Å². The normalized spacial score (nSPS) is 17.8. The van der Waals surface area contributed by atoms with Crippen molar-refractivity contribution in [1.82, 2.24) is 15.5 Å². The molecule has 1 aliphatic rings. The third-order valence-corrected chi connectivity index (χ3v) is 3.99. The van der Waals surface area contributed by atoms with Gasteiger partial charge in [-0.05, 0) is 50.0 Å². The van der Waals surface area contributed by atoms with E-state index in [1.807, 2.05) is 0 Å². The summed E-state index contributed by atoms with van der Waals surface area (Å²) in [7, 11) is 0. The second kappa shape index (κ2) is 7.92. The minimum Gasteiger partial charge on any atom is -0.388 e. The third-order valence-electron chi connectivity index (χ3n) is 3.99. The van der Waals surface area contributed by atoms with Crippen LogP contribution in [0.5, 0.6) is 0 Å². The SMILES string of the molecule is Cl.O=c1[nH]nc(-c2ccc(C(F)(F)F)c(NC[C@H]3CCCNC3)c2)o1. The Labute approximate surface area is 147 Å². The first-order valence-electron chi connectivity index (χ1n) is 7.65. The smallest absolute Gasteiger partial charge is 0.388 e. The van der Waals surface area contributed by atoms with Gasteiger partial charge in [-0.3, -0.25) is 0 Å². The van der Waals surface area contributed by atoms with E-state index in [1.165, 1.54) is 12.1 Å². The molecule has 0 aliphatic carbocycles. The van der Waals surface area contributed by atoms with E-state index in [4.69, 9.17) is 4.42 Å². The summed E-state index contributed by atoms with van der Waals surface area (Å²) in [5.41, 5.74) is -0.505. The van der Waals surface area contributed by atoms with E-state index < -0.39 is 17.5 Å². The molecule has 3 rings (SSSR count). The van der Waals surface area contributed by atoms with Crippen LogP contribution in [0.25, 0.3) is 11.5 Å². The average Bonchev–Trinajstić information content (AvgIpc) is 2.99. The van der Waals surface area contributed by atoms with Crippen molar-refractivity contribution >= 4 is 18.1 Å². The minimum absolute atomic E-state index is 0. The number of anilines is 1. The maximum Gasteiger partial charge on any atom is 0.434 e. The van der Waals surface area contributed by atoms with E-state index >= 15 is 0 Å². The molecule has 25 heavy (non-hydrogen) atoms. The van der Waals surface area contributed by atoms with Gasteiger partial charge in [-0.15, -0.1) is 17.5 Å². The maximum atomic E-state index is 13.2. The van der Waals surface area contributed by atoms with Crippen molar-refractivity contribution in [1.29, 1.82) is 0 Å². The number of benzene rings is 1. The van der Waals surface area contributed by atoms with Gasteiger partial charge in [0, 0.05) is 17.8 Å². The molecule has 0 radical (unpaired) electrons. The molecule has 1 saturated heterocycles. The van der Waals surface area contributed by atoms with Crippen LogP contribution in [0.1, 0.15) is 18.4 Å². The molecular weight excluding hydrogens is 361 g/mol. The van der Waals surface area contributed by atoms with Crippen LogP contribution in [0.15, 0.2) is 27.4 Å². The fourth-order valence-electron chi connectivity index (χ4n) is 2.78. The van der Waals surface area contributed by atoms with Gasteiger partial charge in [0.15, 0.2) is 0 Å². The van der Waals surface area contributed by atoms with Crippen molar-refractivity contribution in [2.24, 2.45) is 5.92 Å². The van der Waals surface area contributed by atoms with Crippen molar-refractivity contribution in [3.63, 3.8) is 0 Å². The standard InChI is InChI=1S/C15H17F3N4O2.ClH/c16-15(17,18)11-4-3-10(13-21-22-14(23)24-13)6-12(11)20-8-9-2-1-5-19-7-9;/h3-4,6,9,19-20H,1-2,5,7-8H2,(H,22,23);1H/t9-;/m0./s1. The summed E-state index contributed by atoms with van der Waals surface area (Å²) < 4.78 is 44.4. The number of hydrogen-bond acceptors (Lipinski definition) is 5.